The van der Waals surface area contributed by atoms with E-state index in [4.69, 9.17) is 10.2 Å². The van der Waals surface area contributed by atoms with Gasteiger partial charge in [-0.25, -0.2) is 4.98 Å². The molecule has 2 aromatic carbocycles. The monoisotopic (exact) mass is 224 g/mol. The van der Waals surface area contributed by atoms with E-state index in [9.17, 15) is 0 Å². The van der Waals surface area contributed by atoms with Gasteiger partial charge in [0, 0.05) is 11.3 Å². The van der Waals surface area contributed by atoms with Gasteiger partial charge < -0.3 is 10.2 Å². The van der Waals surface area contributed by atoms with Gasteiger partial charge in [0.15, 0.2) is 5.58 Å². The molecule has 0 aliphatic rings. The maximum atomic E-state index is 5.79. The van der Waals surface area contributed by atoms with Gasteiger partial charge in [-0.15, -0.1) is 0 Å². The van der Waals surface area contributed by atoms with E-state index in [1.807, 2.05) is 49.4 Å². The third-order valence-corrected chi connectivity index (χ3v) is 2.72. The van der Waals surface area contributed by atoms with Crippen molar-refractivity contribution in [3.8, 4) is 11.5 Å². The number of nitrogen functional groups attached to an aromatic ring is 1. The normalized spacial score (nSPS) is 10.9. The van der Waals surface area contributed by atoms with Crippen LogP contribution >= 0.6 is 0 Å². The van der Waals surface area contributed by atoms with Crippen LogP contribution in [0.1, 0.15) is 5.56 Å². The van der Waals surface area contributed by atoms with E-state index in [1.54, 1.807) is 0 Å². The van der Waals surface area contributed by atoms with Crippen molar-refractivity contribution in [3.63, 3.8) is 0 Å². The first kappa shape index (κ1) is 9.90. The van der Waals surface area contributed by atoms with Gasteiger partial charge >= 0.3 is 0 Å². The van der Waals surface area contributed by atoms with Crippen LogP contribution in [0.5, 0.6) is 0 Å². The molecule has 0 aliphatic heterocycles. The van der Waals surface area contributed by atoms with Gasteiger partial charge in [-0.05, 0) is 36.8 Å². The van der Waals surface area contributed by atoms with E-state index in [1.165, 1.54) is 0 Å². The Morgan fingerprint density at radius 3 is 2.65 bits per heavy atom. The van der Waals surface area contributed by atoms with Gasteiger partial charge in [-0.3, -0.25) is 0 Å². The minimum absolute atomic E-state index is 0.634. The van der Waals surface area contributed by atoms with Crippen molar-refractivity contribution >= 4 is 16.8 Å². The highest BCUT2D eigenvalue weighted by Gasteiger charge is 2.10. The van der Waals surface area contributed by atoms with Crippen LogP contribution in [0.3, 0.4) is 0 Å². The van der Waals surface area contributed by atoms with Crippen LogP contribution in [0.4, 0.5) is 5.69 Å². The van der Waals surface area contributed by atoms with E-state index >= 15 is 0 Å². The predicted molar refractivity (Wildman–Crippen MR) is 68.6 cm³/mol. The second-order valence-electron chi connectivity index (χ2n) is 4.07. The van der Waals surface area contributed by atoms with Crippen molar-refractivity contribution in [2.24, 2.45) is 0 Å². The summed E-state index contributed by atoms with van der Waals surface area (Å²) < 4.78 is 5.77. The molecule has 0 saturated carbocycles. The lowest BCUT2D eigenvalue weighted by Crippen LogP contribution is -1.85. The Kier molecular flexibility index (Phi) is 2.11. The van der Waals surface area contributed by atoms with E-state index in [2.05, 4.69) is 4.98 Å². The molecule has 3 aromatic rings. The molecule has 0 spiro atoms. The fraction of sp³-hybridized carbons (Fsp3) is 0.0714. The molecular weight excluding hydrogens is 212 g/mol. The van der Waals surface area contributed by atoms with Crippen LogP contribution in [0.2, 0.25) is 0 Å². The lowest BCUT2D eigenvalue weighted by atomic mass is 10.2. The molecule has 2 N–H and O–H groups in total. The van der Waals surface area contributed by atoms with Crippen LogP contribution in [-0.2, 0) is 0 Å². The molecule has 0 unspecified atom stereocenters. The Bertz CT molecular complexity index is 671. The van der Waals surface area contributed by atoms with Crippen LogP contribution < -0.4 is 5.73 Å². The predicted octanol–water partition coefficient (Wildman–Crippen LogP) is 3.39. The topological polar surface area (TPSA) is 52.0 Å². The Balaban J connectivity index is 2.24. The molecule has 0 radical (unpaired) electrons. The quantitative estimate of drug-likeness (QED) is 0.644. The smallest absolute Gasteiger partial charge is 0.227 e. The summed E-state index contributed by atoms with van der Waals surface area (Å²) in [6.07, 6.45) is 0. The van der Waals surface area contributed by atoms with Crippen molar-refractivity contribution in [2.75, 3.05) is 5.73 Å². The minimum Gasteiger partial charge on any atom is -0.436 e. The van der Waals surface area contributed by atoms with E-state index in [0.29, 0.717) is 11.6 Å². The zero-order valence-corrected chi connectivity index (χ0v) is 9.47. The van der Waals surface area contributed by atoms with Gasteiger partial charge in [0.05, 0.1) is 0 Å². The number of hydrogen-bond donors (Lipinski definition) is 1. The van der Waals surface area contributed by atoms with Gasteiger partial charge in [0.1, 0.15) is 5.52 Å². The molecule has 3 heteroatoms. The summed E-state index contributed by atoms with van der Waals surface area (Å²) in [5, 5.41) is 0. The molecule has 0 fully saturated rings. The second kappa shape index (κ2) is 3.63. The summed E-state index contributed by atoms with van der Waals surface area (Å²) in [5.41, 5.74) is 10.1. The minimum atomic E-state index is 0.634. The standard InChI is InChI=1S/C14H12N2O/c1-9-7-11(15)8-12-13(9)17-14(16-12)10-5-3-2-4-6-10/h2-8H,15H2,1H3. The van der Waals surface area contributed by atoms with Gasteiger partial charge in [-0.2, -0.15) is 0 Å². The molecule has 0 amide bonds. The highest BCUT2D eigenvalue weighted by molar-refractivity contribution is 5.82. The summed E-state index contributed by atoms with van der Waals surface area (Å²) in [5.74, 6) is 0.634. The maximum Gasteiger partial charge on any atom is 0.227 e. The van der Waals surface area contributed by atoms with Crippen LogP contribution in [-0.4, -0.2) is 4.98 Å². The molecule has 0 atom stereocenters. The van der Waals surface area contributed by atoms with Crippen LogP contribution in [0.25, 0.3) is 22.6 Å². The largest absolute Gasteiger partial charge is 0.436 e. The number of aryl methyl sites for hydroxylation is 1. The maximum absolute atomic E-state index is 5.79. The summed E-state index contributed by atoms with van der Waals surface area (Å²) in [7, 11) is 0. The average molecular weight is 224 g/mol. The van der Waals surface area contributed by atoms with Gasteiger partial charge in [0.25, 0.3) is 0 Å². The molecular formula is C14H12N2O. The highest BCUT2D eigenvalue weighted by atomic mass is 16.3. The highest BCUT2D eigenvalue weighted by Crippen LogP contribution is 2.27. The number of anilines is 1. The van der Waals surface area contributed by atoms with Crippen LogP contribution in [0.15, 0.2) is 46.9 Å². The van der Waals surface area contributed by atoms with Gasteiger partial charge in [0.2, 0.25) is 5.89 Å². The molecule has 3 rings (SSSR count). The third kappa shape index (κ3) is 1.65. The summed E-state index contributed by atoms with van der Waals surface area (Å²) >= 11 is 0. The molecule has 3 nitrogen and oxygen atoms in total. The number of aromatic nitrogens is 1. The van der Waals surface area contributed by atoms with Crippen molar-refractivity contribution in [2.45, 2.75) is 6.92 Å². The van der Waals surface area contributed by atoms with Crippen molar-refractivity contribution in [3.05, 3.63) is 48.0 Å². The van der Waals surface area contributed by atoms with E-state index in [0.717, 1.165) is 22.2 Å². The Labute approximate surface area is 98.9 Å². The second-order valence-corrected chi connectivity index (χ2v) is 4.07. The number of benzene rings is 2. The molecule has 84 valence electrons. The van der Waals surface area contributed by atoms with Crippen molar-refractivity contribution < 1.29 is 4.42 Å². The summed E-state index contributed by atoms with van der Waals surface area (Å²) in [4.78, 5) is 4.46. The Morgan fingerprint density at radius 2 is 1.88 bits per heavy atom. The fourth-order valence-electron chi connectivity index (χ4n) is 1.93. The average Bonchev–Trinajstić information content (AvgIpc) is 2.74. The van der Waals surface area contributed by atoms with Crippen LogP contribution in [0, 0.1) is 6.92 Å². The van der Waals surface area contributed by atoms with E-state index in [-0.39, 0.29) is 0 Å². The number of nitrogens with two attached hydrogens (primary N) is 1. The lowest BCUT2D eigenvalue weighted by Gasteiger charge is -1.95. The third-order valence-electron chi connectivity index (χ3n) is 2.72. The summed E-state index contributed by atoms with van der Waals surface area (Å²) in [6, 6.07) is 13.6. The first-order valence-corrected chi connectivity index (χ1v) is 5.46. The number of hydrogen-bond acceptors (Lipinski definition) is 3. The molecule has 17 heavy (non-hydrogen) atoms. The number of oxazole rings is 1. The van der Waals surface area contributed by atoms with Crippen molar-refractivity contribution in [1.82, 2.24) is 4.98 Å². The zero-order valence-electron chi connectivity index (χ0n) is 9.47. The lowest BCUT2D eigenvalue weighted by molar-refractivity contribution is 0.617. The molecule has 1 aromatic heterocycles. The first-order valence-electron chi connectivity index (χ1n) is 5.46. The molecule has 0 aliphatic carbocycles. The Morgan fingerprint density at radius 1 is 1.12 bits per heavy atom. The first-order chi connectivity index (χ1) is 8.24. The Hall–Kier alpha value is -2.29. The summed E-state index contributed by atoms with van der Waals surface area (Å²) in [6.45, 7) is 1.97. The molecule has 0 saturated heterocycles. The van der Waals surface area contributed by atoms with E-state index < -0.39 is 0 Å². The SMILES string of the molecule is Cc1cc(N)cc2nc(-c3ccccc3)oc12. The molecule has 0 bridgehead atoms. The molecule has 1 heterocycles. The van der Waals surface area contributed by atoms with Crippen molar-refractivity contribution in [1.29, 1.82) is 0 Å². The fourth-order valence-corrected chi connectivity index (χ4v) is 1.93. The number of fused-ring (bicyclic) bond motifs is 1. The number of nitrogens with zero attached hydrogens (tertiary/aromatic N) is 1. The zero-order chi connectivity index (χ0) is 11.8. The van der Waals surface area contributed by atoms with Gasteiger partial charge in [-0.1, -0.05) is 18.2 Å². The number of rotatable bonds is 1.